The van der Waals surface area contributed by atoms with Crippen molar-refractivity contribution in [2.24, 2.45) is 4.99 Å². The number of amidine groups is 1. The molecule has 0 aliphatic carbocycles. The Balaban J connectivity index is 0. The van der Waals surface area contributed by atoms with Crippen LogP contribution < -0.4 is 0 Å². The first-order valence-electron chi connectivity index (χ1n) is 9.28. The highest BCUT2D eigenvalue weighted by molar-refractivity contribution is 8.15. The molecule has 0 aromatic heterocycles. The van der Waals surface area contributed by atoms with Crippen LogP contribution in [0.3, 0.4) is 0 Å². The third kappa shape index (κ3) is 10.1. The molecule has 0 radical (unpaired) electrons. The lowest BCUT2D eigenvalue weighted by atomic mass is 9.97. The predicted octanol–water partition coefficient (Wildman–Crippen LogP) is 7.56. The summed E-state index contributed by atoms with van der Waals surface area (Å²) < 4.78 is 56.2. The van der Waals surface area contributed by atoms with E-state index < -0.39 is 29.2 Å². The minimum Gasteiger partial charge on any atom is -0.443 e. The summed E-state index contributed by atoms with van der Waals surface area (Å²) in [6.07, 6.45) is -0.894. The third-order valence-electron chi connectivity index (χ3n) is 3.46. The Morgan fingerprint density at radius 1 is 1.17 bits per heavy atom. The standard InChI is InChI=1S/C17H23F3N2O2S2.C2H6.CH3F/c1-10(12-8-7-9-13(18)14(12)19)11(2)25-15(21-6)22(26-20)16(23)24-17(3,4)5;2*1-2/h7-11H,1-6H3;1-2H3;1H3/t10-,11?;;/m1../s1. The van der Waals surface area contributed by atoms with Gasteiger partial charge in [-0.15, -0.1) is 3.89 Å². The molecule has 4 nitrogen and oxygen atoms in total. The monoisotopic (exact) mass is 472 g/mol. The summed E-state index contributed by atoms with van der Waals surface area (Å²) >= 11 is 0.754. The van der Waals surface area contributed by atoms with Crippen LogP contribution in [-0.4, -0.2) is 40.6 Å². The van der Waals surface area contributed by atoms with Crippen LogP contribution in [0.4, 0.5) is 21.9 Å². The molecule has 0 N–H and O–H groups in total. The Kier molecular flexibility index (Phi) is 15.8. The summed E-state index contributed by atoms with van der Waals surface area (Å²) in [4.78, 5) is 16.1. The molecular weight excluding hydrogens is 440 g/mol. The average molecular weight is 473 g/mol. The highest BCUT2D eigenvalue weighted by Gasteiger charge is 2.30. The second-order valence-electron chi connectivity index (χ2n) is 6.60. The number of nitrogens with zero attached hydrogens (tertiary/aromatic N) is 2. The third-order valence-corrected chi connectivity index (χ3v) is 5.39. The van der Waals surface area contributed by atoms with E-state index in [9.17, 15) is 21.9 Å². The van der Waals surface area contributed by atoms with Gasteiger partial charge in [-0.2, -0.15) is 4.31 Å². The number of amides is 1. The van der Waals surface area contributed by atoms with Gasteiger partial charge in [0.1, 0.15) is 5.60 Å². The molecule has 0 fully saturated rings. The molecule has 0 saturated heterocycles. The van der Waals surface area contributed by atoms with Gasteiger partial charge < -0.3 is 4.74 Å². The van der Waals surface area contributed by atoms with Crippen LogP contribution in [0.2, 0.25) is 0 Å². The molecule has 1 aromatic carbocycles. The molecule has 10 heteroatoms. The molecule has 0 aliphatic rings. The highest BCUT2D eigenvalue weighted by atomic mass is 32.2. The Morgan fingerprint density at radius 3 is 2.13 bits per heavy atom. The molecular formula is C20H32F4N2O2S2. The number of ether oxygens (including phenoxy) is 1. The van der Waals surface area contributed by atoms with Crippen molar-refractivity contribution >= 4 is 35.4 Å². The Labute approximate surface area is 186 Å². The van der Waals surface area contributed by atoms with E-state index in [0.717, 1.165) is 17.8 Å². The number of alkyl halides is 1. The lowest BCUT2D eigenvalue weighted by Gasteiger charge is -2.27. The maximum absolute atomic E-state index is 14.0. The van der Waals surface area contributed by atoms with Gasteiger partial charge in [0, 0.05) is 12.3 Å². The topological polar surface area (TPSA) is 41.9 Å². The van der Waals surface area contributed by atoms with Gasteiger partial charge in [-0.3, -0.25) is 9.38 Å². The minimum absolute atomic E-state index is 0.0721. The molecule has 1 aromatic rings. The zero-order chi connectivity index (χ0) is 24.1. The van der Waals surface area contributed by atoms with Crippen molar-refractivity contribution in [1.82, 2.24) is 4.31 Å². The van der Waals surface area contributed by atoms with Crippen molar-refractivity contribution < 1.29 is 26.6 Å². The van der Waals surface area contributed by atoms with Crippen LogP contribution in [0, 0.1) is 11.6 Å². The summed E-state index contributed by atoms with van der Waals surface area (Å²) in [6, 6.07) is 3.98. The van der Waals surface area contributed by atoms with E-state index >= 15 is 0 Å². The van der Waals surface area contributed by atoms with Crippen LogP contribution >= 0.6 is 24.1 Å². The van der Waals surface area contributed by atoms with Gasteiger partial charge in [-0.05, 0) is 38.3 Å². The molecule has 0 heterocycles. The van der Waals surface area contributed by atoms with Gasteiger partial charge in [0.2, 0.25) is 0 Å². The van der Waals surface area contributed by atoms with E-state index in [1.807, 2.05) is 13.8 Å². The van der Waals surface area contributed by atoms with Crippen molar-refractivity contribution in [3.8, 4) is 0 Å². The first kappa shape index (κ1) is 30.8. The van der Waals surface area contributed by atoms with Gasteiger partial charge >= 0.3 is 6.09 Å². The van der Waals surface area contributed by atoms with Crippen LogP contribution in [0.25, 0.3) is 0 Å². The maximum Gasteiger partial charge on any atom is 0.428 e. The molecule has 0 spiro atoms. The fraction of sp³-hybridized carbons (Fsp3) is 0.600. The van der Waals surface area contributed by atoms with E-state index in [1.54, 1.807) is 34.6 Å². The maximum atomic E-state index is 14.0. The van der Waals surface area contributed by atoms with Crippen LogP contribution in [0.1, 0.15) is 59.9 Å². The Bertz CT molecular complexity index is 671. The fourth-order valence-electron chi connectivity index (χ4n) is 2.02. The quantitative estimate of drug-likeness (QED) is 0.196. The van der Waals surface area contributed by atoms with Crippen LogP contribution in [0.15, 0.2) is 23.2 Å². The zero-order valence-corrected chi connectivity index (χ0v) is 20.6. The number of thioether (sulfide) groups is 1. The van der Waals surface area contributed by atoms with Crippen LogP contribution in [-0.2, 0) is 4.74 Å². The molecule has 0 saturated carbocycles. The highest BCUT2D eigenvalue weighted by Crippen LogP contribution is 2.34. The average Bonchev–Trinajstić information content (AvgIpc) is 2.70. The molecule has 30 heavy (non-hydrogen) atoms. The number of rotatable bonds is 4. The largest absolute Gasteiger partial charge is 0.443 e. The summed E-state index contributed by atoms with van der Waals surface area (Å²) in [5, 5.41) is -0.245. The van der Waals surface area contributed by atoms with E-state index in [-0.39, 0.29) is 28.3 Å². The number of aliphatic imine (C=N–C) groups is 1. The minimum atomic E-state index is -0.925. The molecule has 0 aliphatic heterocycles. The van der Waals surface area contributed by atoms with E-state index in [1.165, 1.54) is 19.2 Å². The number of hydrogen-bond donors (Lipinski definition) is 0. The zero-order valence-electron chi connectivity index (χ0n) is 18.9. The van der Waals surface area contributed by atoms with Crippen molar-refractivity contribution in [2.45, 2.75) is 65.2 Å². The number of carbonyl (C=O) groups excluding carboxylic acids is 1. The molecule has 1 rings (SSSR count). The predicted molar refractivity (Wildman–Crippen MR) is 120 cm³/mol. The van der Waals surface area contributed by atoms with Crippen molar-refractivity contribution in [1.29, 1.82) is 0 Å². The SMILES string of the molecule is CC.CF.CN=C(SC(C)[C@@H](C)c1cccc(F)c1F)N(SF)C(=O)OC(C)(C)C. The van der Waals surface area contributed by atoms with E-state index in [0.29, 0.717) is 11.5 Å². The first-order valence-corrected chi connectivity index (χ1v) is 10.8. The Morgan fingerprint density at radius 2 is 1.70 bits per heavy atom. The second kappa shape index (κ2) is 15.4. The normalized spacial score (nSPS) is 13.2. The number of benzene rings is 1. The van der Waals surface area contributed by atoms with Crippen molar-refractivity contribution in [3.05, 3.63) is 35.4 Å². The van der Waals surface area contributed by atoms with Crippen molar-refractivity contribution in [2.75, 3.05) is 14.2 Å². The molecule has 0 bridgehead atoms. The number of carbonyl (C=O) groups is 1. The van der Waals surface area contributed by atoms with Gasteiger partial charge in [-0.1, -0.05) is 51.6 Å². The van der Waals surface area contributed by atoms with Crippen LogP contribution in [0.5, 0.6) is 0 Å². The number of halogens is 4. The fourth-order valence-corrected chi connectivity index (χ4v) is 3.43. The molecule has 174 valence electrons. The summed E-state index contributed by atoms with van der Waals surface area (Å²) in [7, 11) is 1.91. The smallest absolute Gasteiger partial charge is 0.428 e. The second-order valence-corrected chi connectivity index (χ2v) is 8.45. The Hall–Kier alpha value is -1.42. The van der Waals surface area contributed by atoms with Crippen molar-refractivity contribution in [3.63, 3.8) is 0 Å². The lowest BCUT2D eigenvalue weighted by Crippen LogP contribution is -2.35. The van der Waals surface area contributed by atoms with Gasteiger partial charge in [-0.25, -0.2) is 13.6 Å². The summed E-state index contributed by atoms with van der Waals surface area (Å²) in [5.41, 5.74) is -0.588. The molecule has 1 amide bonds. The summed E-state index contributed by atoms with van der Waals surface area (Å²) in [5.74, 6) is -2.24. The van der Waals surface area contributed by atoms with Gasteiger partial charge in [0.15, 0.2) is 29.1 Å². The number of hydrogen-bond acceptors (Lipinski definition) is 5. The molecule has 2 atom stereocenters. The van der Waals surface area contributed by atoms with E-state index in [2.05, 4.69) is 4.99 Å². The first-order chi connectivity index (χ1) is 14.0. The van der Waals surface area contributed by atoms with Gasteiger partial charge in [0.05, 0.1) is 7.18 Å². The van der Waals surface area contributed by atoms with Gasteiger partial charge in [0.25, 0.3) is 0 Å². The van der Waals surface area contributed by atoms with E-state index in [4.69, 9.17) is 4.74 Å². The summed E-state index contributed by atoms with van der Waals surface area (Å²) in [6.45, 7) is 12.5. The molecule has 1 unspecified atom stereocenters. The lowest BCUT2D eigenvalue weighted by molar-refractivity contribution is 0.0474.